The van der Waals surface area contributed by atoms with Gasteiger partial charge in [0.05, 0.1) is 29.8 Å². The van der Waals surface area contributed by atoms with Crippen molar-refractivity contribution in [3.05, 3.63) is 11.6 Å². The van der Waals surface area contributed by atoms with Crippen molar-refractivity contribution in [3.63, 3.8) is 0 Å². The third kappa shape index (κ3) is 4.56. The zero-order chi connectivity index (χ0) is 28.1. The van der Waals surface area contributed by atoms with Gasteiger partial charge < -0.3 is 35.7 Å². The van der Waals surface area contributed by atoms with Crippen molar-refractivity contribution in [3.8, 4) is 0 Å². The number of carboxylic acids is 1. The summed E-state index contributed by atoms with van der Waals surface area (Å²) in [4.78, 5) is 26.7. The number of hydrogen-bond acceptors (Lipinski definition) is 8. The van der Waals surface area contributed by atoms with Crippen molar-refractivity contribution < 1.29 is 40.5 Å². The summed E-state index contributed by atoms with van der Waals surface area (Å²) in [5.41, 5.74) is 0.305. The van der Waals surface area contributed by atoms with Crippen LogP contribution in [0.3, 0.4) is 0 Å². The molecule has 5 fully saturated rings. The number of nitrogens with zero attached hydrogens (tertiary/aromatic N) is 1. The van der Waals surface area contributed by atoms with Crippen LogP contribution in [0.15, 0.2) is 11.6 Å². The summed E-state index contributed by atoms with van der Waals surface area (Å²) < 4.78 is 5.13. The van der Waals surface area contributed by atoms with Gasteiger partial charge in [0.15, 0.2) is 0 Å². The number of aliphatic hydroxyl groups excluding tert-OH is 1. The highest BCUT2D eigenvalue weighted by atomic mass is 16.5. The molecule has 0 bridgehead atoms. The van der Waals surface area contributed by atoms with E-state index in [1.807, 2.05) is 0 Å². The van der Waals surface area contributed by atoms with Crippen molar-refractivity contribution in [2.75, 3.05) is 32.8 Å². The van der Waals surface area contributed by atoms with Crippen LogP contribution in [0.25, 0.3) is 0 Å². The lowest BCUT2D eigenvalue weighted by molar-refractivity contribution is -0.369. The Morgan fingerprint density at radius 3 is 2.44 bits per heavy atom. The zero-order valence-corrected chi connectivity index (χ0v) is 23.5. The Bertz CT molecular complexity index is 980. The van der Waals surface area contributed by atoms with Crippen molar-refractivity contribution in [2.24, 2.45) is 28.6 Å². The predicted molar refractivity (Wildman–Crippen MR) is 141 cm³/mol. The summed E-state index contributed by atoms with van der Waals surface area (Å²) in [5, 5.41) is 46.2. The fourth-order valence-corrected chi connectivity index (χ4v) is 9.87. The third-order valence-corrected chi connectivity index (χ3v) is 11.8. The molecule has 1 saturated heterocycles. The van der Waals surface area contributed by atoms with E-state index in [2.05, 4.69) is 17.6 Å². The SMILES string of the molecule is C[C@]12CC[C@H]3C(CCC4(O)CC(O)CC[C@]34C(=O)[O-])C1(O)CC[C@H]2C1=CC(=O)OC1.[NH3+]CCN1CCCCC1. The van der Waals surface area contributed by atoms with Crippen molar-refractivity contribution in [1.82, 2.24) is 4.90 Å². The van der Waals surface area contributed by atoms with Gasteiger partial charge in [-0.25, -0.2) is 4.79 Å². The Kier molecular flexibility index (Phi) is 7.96. The number of quaternary nitrogens is 1. The van der Waals surface area contributed by atoms with Crippen LogP contribution < -0.4 is 10.8 Å². The van der Waals surface area contributed by atoms with Gasteiger partial charge in [0, 0.05) is 29.9 Å². The first-order valence-corrected chi connectivity index (χ1v) is 15.2. The largest absolute Gasteiger partial charge is 0.549 e. The highest BCUT2D eigenvalue weighted by Crippen LogP contribution is 2.70. The standard InChI is InChI=1S/C23H32O7.C7H16N2/c1-20-6-3-16-17(23(20,29)9-5-15(20)13-10-18(25)30-12-13)4-7-21(28)11-14(24)2-8-22(16,21)19(26)27;8-4-7-9-5-2-1-3-6-9/h10,14-17,24,28-29H,2-9,11-12H2,1H3,(H,26,27);1-8H2/t14?,15-,16-,17?,20+,21?,22+,23?;/m0./s1. The second kappa shape index (κ2) is 10.7. The van der Waals surface area contributed by atoms with E-state index in [9.17, 15) is 30.0 Å². The van der Waals surface area contributed by atoms with Crippen LogP contribution in [-0.4, -0.2) is 82.3 Å². The van der Waals surface area contributed by atoms with Gasteiger partial charge in [-0.3, -0.25) is 4.90 Å². The number of esters is 1. The molecule has 4 unspecified atom stereocenters. The first kappa shape index (κ1) is 29.0. The lowest BCUT2D eigenvalue weighted by Crippen LogP contribution is -2.72. The van der Waals surface area contributed by atoms with Crippen LogP contribution in [-0.2, 0) is 14.3 Å². The molecule has 220 valence electrons. The Labute approximate surface area is 231 Å². The first-order valence-electron chi connectivity index (χ1n) is 15.2. The molecule has 2 heterocycles. The van der Waals surface area contributed by atoms with E-state index in [0.29, 0.717) is 32.1 Å². The number of piperidine rings is 1. The van der Waals surface area contributed by atoms with Crippen LogP contribution in [0.5, 0.6) is 0 Å². The van der Waals surface area contributed by atoms with E-state index in [-0.39, 0.29) is 49.6 Å². The molecule has 8 atom stereocenters. The number of rotatable bonds is 4. The van der Waals surface area contributed by atoms with Crippen molar-refractivity contribution >= 4 is 11.9 Å². The Balaban J connectivity index is 0.000000292. The number of aliphatic carboxylic acids is 1. The number of likely N-dealkylation sites (tertiary alicyclic amines) is 1. The molecule has 0 radical (unpaired) electrons. The van der Waals surface area contributed by atoms with E-state index < -0.39 is 34.1 Å². The molecule has 0 amide bonds. The maximum absolute atomic E-state index is 12.6. The summed E-state index contributed by atoms with van der Waals surface area (Å²) >= 11 is 0. The molecule has 6 aliphatic rings. The number of cyclic esters (lactones) is 1. The maximum Gasteiger partial charge on any atom is 0.331 e. The average molecular weight is 549 g/mol. The maximum atomic E-state index is 12.6. The Hall–Kier alpha value is -1.52. The fourth-order valence-electron chi connectivity index (χ4n) is 9.87. The molecule has 9 nitrogen and oxygen atoms in total. The van der Waals surface area contributed by atoms with E-state index in [1.54, 1.807) is 6.08 Å². The highest BCUT2D eigenvalue weighted by molar-refractivity contribution is 5.85. The number of ether oxygens (including phenoxy) is 1. The number of carbonyl (C=O) groups excluding carboxylic acids is 2. The van der Waals surface area contributed by atoms with Gasteiger partial charge in [-0.15, -0.1) is 0 Å². The molecule has 0 aromatic carbocycles. The Morgan fingerprint density at radius 1 is 1.08 bits per heavy atom. The normalized spacial score (nSPS) is 45.7. The minimum absolute atomic E-state index is 0.0304. The van der Waals surface area contributed by atoms with E-state index in [1.165, 1.54) is 38.9 Å². The third-order valence-electron chi connectivity index (χ3n) is 11.8. The average Bonchev–Trinajstić information content (AvgIpc) is 3.44. The van der Waals surface area contributed by atoms with Crippen LogP contribution in [0.4, 0.5) is 0 Å². The van der Waals surface area contributed by atoms with Crippen LogP contribution in [0.2, 0.25) is 0 Å². The van der Waals surface area contributed by atoms with Gasteiger partial charge >= 0.3 is 5.97 Å². The van der Waals surface area contributed by atoms with Gasteiger partial charge in [0.1, 0.15) is 6.61 Å². The number of fused-ring (bicyclic) bond motifs is 5. The molecule has 9 heteroatoms. The molecular weight excluding hydrogens is 500 g/mol. The van der Waals surface area contributed by atoms with Crippen LogP contribution in [0, 0.1) is 28.6 Å². The topological polar surface area (TPSA) is 158 Å². The lowest BCUT2D eigenvalue weighted by atomic mass is 9.41. The first-order chi connectivity index (χ1) is 18.5. The second-order valence-corrected chi connectivity index (χ2v) is 13.5. The van der Waals surface area contributed by atoms with E-state index in [4.69, 9.17) is 4.74 Å². The molecule has 2 aliphatic heterocycles. The highest BCUT2D eigenvalue weighted by Gasteiger charge is 2.71. The second-order valence-electron chi connectivity index (χ2n) is 13.5. The van der Waals surface area contributed by atoms with Crippen molar-refractivity contribution in [2.45, 2.75) is 101 Å². The molecule has 39 heavy (non-hydrogen) atoms. The van der Waals surface area contributed by atoms with Gasteiger partial charge in [-0.2, -0.15) is 0 Å². The smallest absolute Gasteiger partial charge is 0.331 e. The predicted octanol–water partition coefficient (Wildman–Crippen LogP) is 0.163. The number of hydrogen-bond donors (Lipinski definition) is 4. The number of carbonyl (C=O) groups is 2. The summed E-state index contributed by atoms with van der Waals surface area (Å²) in [5.74, 6) is -2.19. The van der Waals surface area contributed by atoms with E-state index in [0.717, 1.165) is 18.5 Å². The van der Waals surface area contributed by atoms with Gasteiger partial charge in [0.2, 0.25) is 0 Å². The number of aliphatic hydroxyl groups is 3. The molecule has 6 rings (SSSR count). The molecule has 0 aromatic rings. The van der Waals surface area contributed by atoms with Gasteiger partial charge in [-0.1, -0.05) is 13.3 Å². The quantitative estimate of drug-likeness (QED) is 0.362. The minimum Gasteiger partial charge on any atom is -0.549 e. The molecule has 0 aromatic heterocycles. The zero-order valence-electron chi connectivity index (χ0n) is 23.5. The van der Waals surface area contributed by atoms with Crippen molar-refractivity contribution in [1.29, 1.82) is 0 Å². The minimum atomic E-state index is -1.50. The Morgan fingerprint density at radius 2 is 1.79 bits per heavy atom. The van der Waals surface area contributed by atoms with Gasteiger partial charge in [-0.05, 0) is 101 Å². The van der Waals surface area contributed by atoms with Crippen LogP contribution >= 0.6 is 0 Å². The summed E-state index contributed by atoms with van der Waals surface area (Å²) in [6, 6.07) is 0. The molecule has 0 spiro atoms. The monoisotopic (exact) mass is 548 g/mol. The summed E-state index contributed by atoms with van der Waals surface area (Å²) in [7, 11) is 0. The van der Waals surface area contributed by atoms with Crippen LogP contribution in [0.1, 0.15) is 84.0 Å². The molecule has 4 aliphatic carbocycles. The fraction of sp³-hybridized carbons (Fsp3) is 0.867. The summed E-state index contributed by atoms with van der Waals surface area (Å²) in [6.07, 6.45) is 8.89. The number of carboxylic acid groups (broad SMARTS) is 1. The van der Waals surface area contributed by atoms with E-state index >= 15 is 0 Å². The molecule has 4 saturated carbocycles. The summed E-state index contributed by atoms with van der Waals surface area (Å²) in [6.45, 7) is 7.25. The molecule has 6 N–H and O–H groups in total. The van der Waals surface area contributed by atoms with Gasteiger partial charge in [0.25, 0.3) is 0 Å². The lowest BCUT2D eigenvalue weighted by Gasteiger charge is -2.67. The molecular formula is C30H48N2O7.